The van der Waals surface area contributed by atoms with Crippen molar-refractivity contribution in [3.8, 4) is 5.75 Å². The van der Waals surface area contributed by atoms with E-state index >= 15 is 0 Å². The van der Waals surface area contributed by atoms with Gasteiger partial charge in [-0.15, -0.1) is 0 Å². The van der Waals surface area contributed by atoms with Gasteiger partial charge in [0.15, 0.2) is 4.96 Å². The number of methoxy groups -OCH3 is 1. The smallest absolute Gasteiger partial charge is 0.347 e. The van der Waals surface area contributed by atoms with Gasteiger partial charge in [0.25, 0.3) is 5.56 Å². The van der Waals surface area contributed by atoms with E-state index in [1.165, 1.54) is 10.6 Å². The highest BCUT2D eigenvalue weighted by Crippen LogP contribution is 2.18. The number of rotatable bonds is 4. The lowest BCUT2D eigenvalue weighted by atomic mass is 10.1. The van der Waals surface area contributed by atoms with Gasteiger partial charge in [0.05, 0.1) is 12.8 Å². The van der Waals surface area contributed by atoms with Crippen LogP contribution in [0.1, 0.15) is 26.5 Å². The summed E-state index contributed by atoms with van der Waals surface area (Å²) in [5.74, 6) is -0.307. The summed E-state index contributed by atoms with van der Waals surface area (Å²) in [4.78, 5) is 28.3. The van der Waals surface area contributed by atoms with Gasteiger partial charge in [-0.05, 0) is 30.7 Å². The van der Waals surface area contributed by atoms with Gasteiger partial charge in [-0.25, -0.2) is 9.78 Å². The summed E-state index contributed by atoms with van der Waals surface area (Å²) in [5.41, 5.74) is 1.66. The van der Waals surface area contributed by atoms with Gasteiger partial charge in [0.1, 0.15) is 10.6 Å². The molecule has 0 fully saturated rings. The number of aromatic carboxylic acids is 1. The van der Waals surface area contributed by atoms with Crippen LogP contribution in [0, 0.1) is 6.92 Å². The Morgan fingerprint density at radius 1 is 1.29 bits per heavy atom. The van der Waals surface area contributed by atoms with Crippen molar-refractivity contribution in [2.45, 2.75) is 6.92 Å². The number of ether oxygens (including phenoxy) is 1. The summed E-state index contributed by atoms with van der Waals surface area (Å²) >= 11 is 0.971. The number of carbonyl (C=O) groups is 1. The van der Waals surface area contributed by atoms with Gasteiger partial charge in [0.2, 0.25) is 0 Å². The van der Waals surface area contributed by atoms with Gasteiger partial charge in [-0.1, -0.05) is 29.5 Å². The molecule has 0 spiro atoms. The van der Waals surface area contributed by atoms with Gasteiger partial charge in [-0.3, -0.25) is 9.20 Å². The second kappa shape index (κ2) is 6.29. The highest BCUT2D eigenvalue weighted by atomic mass is 32.1. The number of nitrogens with zero attached hydrogens (tertiary/aromatic N) is 2. The van der Waals surface area contributed by atoms with Crippen LogP contribution in [0.5, 0.6) is 5.75 Å². The third-order valence-corrected chi connectivity index (χ3v) is 4.52. The van der Waals surface area contributed by atoms with Crippen molar-refractivity contribution >= 4 is 34.4 Å². The Kier molecular flexibility index (Phi) is 4.18. The summed E-state index contributed by atoms with van der Waals surface area (Å²) in [6.45, 7) is 1.67. The number of benzene rings is 1. The van der Waals surface area contributed by atoms with Crippen LogP contribution in [0.3, 0.4) is 0 Å². The molecular weight excluding hydrogens is 328 g/mol. The summed E-state index contributed by atoms with van der Waals surface area (Å²) in [6.07, 6.45) is 4.90. The molecule has 0 saturated carbocycles. The van der Waals surface area contributed by atoms with E-state index in [4.69, 9.17) is 9.84 Å². The minimum Gasteiger partial charge on any atom is -0.497 e. The molecule has 122 valence electrons. The minimum absolute atomic E-state index is 0.0790. The van der Waals surface area contributed by atoms with Crippen molar-refractivity contribution in [1.82, 2.24) is 9.38 Å². The standard InChI is InChI=1S/C17H14N2O4S/c1-10-13(8-5-11-3-6-12(23-2)7-4-11)18-17-19(15(10)20)9-14(24-17)16(21)22/h3-9H,1-2H3,(H,21,22). The van der Waals surface area contributed by atoms with Crippen LogP contribution in [0.4, 0.5) is 0 Å². The van der Waals surface area contributed by atoms with Gasteiger partial charge in [0, 0.05) is 11.8 Å². The van der Waals surface area contributed by atoms with Gasteiger partial charge in [-0.2, -0.15) is 0 Å². The fraction of sp³-hybridized carbons (Fsp3) is 0.118. The molecule has 6 nitrogen and oxygen atoms in total. The molecule has 0 bridgehead atoms. The molecule has 3 rings (SSSR count). The zero-order valence-corrected chi connectivity index (χ0v) is 13.8. The Hall–Kier alpha value is -2.93. The van der Waals surface area contributed by atoms with E-state index in [1.807, 2.05) is 30.3 Å². The third kappa shape index (κ3) is 2.93. The van der Waals surface area contributed by atoms with Gasteiger partial charge >= 0.3 is 5.97 Å². The van der Waals surface area contributed by atoms with Crippen LogP contribution in [0.25, 0.3) is 17.1 Å². The quantitative estimate of drug-likeness (QED) is 0.788. The number of aromatic nitrogens is 2. The first-order chi connectivity index (χ1) is 11.5. The number of carboxylic acids is 1. The molecule has 2 heterocycles. The SMILES string of the molecule is COc1ccc(C=Cc2nc3sc(C(=O)O)cn3c(=O)c2C)cc1. The Bertz CT molecular complexity index is 1000. The van der Waals surface area contributed by atoms with E-state index in [0.717, 1.165) is 22.6 Å². The van der Waals surface area contributed by atoms with Crippen molar-refractivity contribution < 1.29 is 14.6 Å². The molecule has 0 amide bonds. The summed E-state index contributed by atoms with van der Waals surface area (Å²) in [7, 11) is 1.60. The molecule has 0 aliphatic rings. The molecule has 0 aliphatic carbocycles. The fourth-order valence-electron chi connectivity index (χ4n) is 2.20. The second-order valence-electron chi connectivity index (χ2n) is 5.09. The summed E-state index contributed by atoms with van der Waals surface area (Å²) in [6, 6.07) is 7.47. The molecule has 1 aromatic carbocycles. The van der Waals surface area contributed by atoms with E-state index in [2.05, 4.69) is 4.98 Å². The van der Waals surface area contributed by atoms with Crippen LogP contribution in [-0.4, -0.2) is 27.6 Å². The van der Waals surface area contributed by atoms with Crippen molar-refractivity contribution in [2.24, 2.45) is 0 Å². The first-order valence-corrected chi connectivity index (χ1v) is 7.89. The van der Waals surface area contributed by atoms with E-state index in [0.29, 0.717) is 16.2 Å². The van der Waals surface area contributed by atoms with Crippen molar-refractivity contribution in [2.75, 3.05) is 7.11 Å². The number of hydrogen-bond acceptors (Lipinski definition) is 5. The van der Waals surface area contributed by atoms with Crippen LogP contribution in [-0.2, 0) is 0 Å². The molecule has 0 saturated heterocycles. The number of fused-ring (bicyclic) bond motifs is 1. The van der Waals surface area contributed by atoms with Crippen LogP contribution in [0.2, 0.25) is 0 Å². The van der Waals surface area contributed by atoms with E-state index < -0.39 is 5.97 Å². The molecule has 0 atom stereocenters. The average molecular weight is 342 g/mol. The molecule has 1 N–H and O–H groups in total. The molecule has 0 aliphatic heterocycles. The van der Waals surface area contributed by atoms with E-state index in [1.54, 1.807) is 20.1 Å². The summed E-state index contributed by atoms with van der Waals surface area (Å²) in [5, 5.41) is 9.05. The maximum atomic E-state index is 12.4. The predicted octanol–water partition coefficient (Wildman–Crippen LogP) is 2.94. The highest BCUT2D eigenvalue weighted by molar-refractivity contribution is 7.18. The van der Waals surface area contributed by atoms with Crippen molar-refractivity contribution in [1.29, 1.82) is 0 Å². The molecule has 0 radical (unpaired) electrons. The van der Waals surface area contributed by atoms with Crippen molar-refractivity contribution in [3.63, 3.8) is 0 Å². The Morgan fingerprint density at radius 2 is 2.00 bits per heavy atom. The molecule has 0 unspecified atom stereocenters. The molecule has 3 aromatic rings. The maximum absolute atomic E-state index is 12.4. The number of carboxylic acid groups (broad SMARTS) is 1. The lowest BCUT2D eigenvalue weighted by Crippen LogP contribution is -2.17. The van der Waals surface area contributed by atoms with E-state index in [9.17, 15) is 9.59 Å². The van der Waals surface area contributed by atoms with Crippen LogP contribution < -0.4 is 10.3 Å². The first kappa shape index (κ1) is 15.9. The van der Waals surface area contributed by atoms with Crippen LogP contribution >= 0.6 is 11.3 Å². The zero-order chi connectivity index (χ0) is 17.3. The average Bonchev–Trinajstić information content (AvgIpc) is 3.02. The molecular formula is C17H14N2O4S. The predicted molar refractivity (Wildman–Crippen MR) is 93.0 cm³/mol. The molecule has 7 heteroatoms. The van der Waals surface area contributed by atoms with Crippen LogP contribution in [0.15, 0.2) is 35.3 Å². The highest BCUT2D eigenvalue weighted by Gasteiger charge is 2.13. The zero-order valence-electron chi connectivity index (χ0n) is 13.0. The Balaban J connectivity index is 2.02. The Morgan fingerprint density at radius 3 is 2.62 bits per heavy atom. The monoisotopic (exact) mass is 342 g/mol. The molecule has 24 heavy (non-hydrogen) atoms. The maximum Gasteiger partial charge on any atom is 0.347 e. The second-order valence-corrected chi connectivity index (χ2v) is 6.10. The van der Waals surface area contributed by atoms with Crippen molar-refractivity contribution in [3.05, 3.63) is 62.5 Å². The topological polar surface area (TPSA) is 80.9 Å². The largest absolute Gasteiger partial charge is 0.497 e. The Labute approximate surface area is 141 Å². The normalized spacial score (nSPS) is 11.2. The fourth-order valence-corrected chi connectivity index (χ4v) is 3.02. The third-order valence-electron chi connectivity index (χ3n) is 3.55. The lowest BCUT2D eigenvalue weighted by Gasteiger charge is -2.01. The lowest BCUT2D eigenvalue weighted by molar-refractivity contribution is 0.0701. The van der Waals surface area contributed by atoms with E-state index in [-0.39, 0.29) is 10.4 Å². The first-order valence-electron chi connectivity index (χ1n) is 7.08. The number of hydrogen-bond donors (Lipinski definition) is 1. The number of thiazole rings is 1. The minimum atomic E-state index is -1.07. The molecule has 2 aromatic heterocycles. The van der Waals surface area contributed by atoms with Gasteiger partial charge < -0.3 is 9.84 Å². The summed E-state index contributed by atoms with van der Waals surface area (Å²) < 4.78 is 6.38.